The minimum absolute atomic E-state index is 0.0488. The van der Waals surface area contributed by atoms with Crippen molar-refractivity contribution in [3.8, 4) is 0 Å². The molecule has 128 valence electrons. The molecule has 2 aromatic rings. The van der Waals surface area contributed by atoms with Crippen LogP contribution in [0, 0.1) is 20.8 Å². The molecule has 3 heterocycles. The zero-order chi connectivity index (χ0) is 17.3. The predicted octanol–water partition coefficient (Wildman–Crippen LogP) is 1.90. The summed E-state index contributed by atoms with van der Waals surface area (Å²) in [4.78, 5) is 23.3. The van der Waals surface area contributed by atoms with E-state index in [0.29, 0.717) is 35.9 Å². The second-order valence-electron chi connectivity index (χ2n) is 6.28. The highest BCUT2D eigenvalue weighted by molar-refractivity contribution is 5.96. The van der Waals surface area contributed by atoms with Gasteiger partial charge in [0.15, 0.2) is 0 Å². The van der Waals surface area contributed by atoms with Crippen molar-refractivity contribution in [2.24, 2.45) is 0 Å². The number of aliphatic hydroxyl groups is 1. The summed E-state index contributed by atoms with van der Waals surface area (Å²) >= 11 is 0. The number of rotatable bonds is 3. The number of aromatic nitrogens is 3. The summed E-state index contributed by atoms with van der Waals surface area (Å²) in [6.07, 6.45) is 3.51. The summed E-state index contributed by atoms with van der Waals surface area (Å²) in [5, 5.41) is 13.4. The lowest BCUT2D eigenvalue weighted by Crippen LogP contribution is -2.40. The molecule has 7 heteroatoms. The lowest BCUT2D eigenvalue weighted by atomic mass is 9.91. The van der Waals surface area contributed by atoms with E-state index in [0.717, 1.165) is 24.1 Å². The van der Waals surface area contributed by atoms with E-state index < -0.39 is 0 Å². The third kappa shape index (κ3) is 3.03. The van der Waals surface area contributed by atoms with Crippen LogP contribution in [0.4, 0.5) is 0 Å². The first-order valence-corrected chi connectivity index (χ1v) is 8.16. The van der Waals surface area contributed by atoms with Gasteiger partial charge < -0.3 is 14.5 Å². The van der Waals surface area contributed by atoms with Crippen molar-refractivity contribution >= 4 is 5.91 Å². The first kappa shape index (κ1) is 16.6. The van der Waals surface area contributed by atoms with Crippen molar-refractivity contribution in [2.45, 2.75) is 46.1 Å². The molecule has 1 fully saturated rings. The quantitative estimate of drug-likeness (QED) is 0.924. The van der Waals surface area contributed by atoms with Crippen LogP contribution in [-0.4, -0.2) is 44.1 Å². The van der Waals surface area contributed by atoms with Crippen molar-refractivity contribution in [3.63, 3.8) is 0 Å². The van der Waals surface area contributed by atoms with Gasteiger partial charge in [-0.05, 0) is 33.6 Å². The van der Waals surface area contributed by atoms with Crippen LogP contribution in [0.1, 0.15) is 57.7 Å². The van der Waals surface area contributed by atoms with Crippen LogP contribution in [0.2, 0.25) is 0 Å². The summed E-state index contributed by atoms with van der Waals surface area (Å²) in [6, 6.07) is 0. The average Bonchev–Trinajstić information content (AvgIpc) is 2.93. The molecule has 1 saturated heterocycles. The lowest BCUT2D eigenvalue weighted by molar-refractivity contribution is 0.0702. The molecule has 1 unspecified atom stereocenters. The Labute approximate surface area is 140 Å². The zero-order valence-electron chi connectivity index (χ0n) is 14.2. The fourth-order valence-electron chi connectivity index (χ4n) is 3.32. The molecule has 0 spiro atoms. The summed E-state index contributed by atoms with van der Waals surface area (Å²) in [6.45, 7) is 6.56. The van der Waals surface area contributed by atoms with Gasteiger partial charge in [-0.1, -0.05) is 5.16 Å². The highest BCUT2D eigenvalue weighted by Crippen LogP contribution is 2.29. The number of aryl methyl sites for hydroxylation is 3. The Morgan fingerprint density at radius 1 is 1.42 bits per heavy atom. The molecule has 0 saturated carbocycles. The van der Waals surface area contributed by atoms with Crippen LogP contribution in [0.5, 0.6) is 0 Å². The number of amides is 1. The highest BCUT2D eigenvalue weighted by Gasteiger charge is 2.30. The molecule has 1 atom stereocenters. The third-order valence-electron chi connectivity index (χ3n) is 4.53. The predicted molar refractivity (Wildman–Crippen MR) is 86.5 cm³/mol. The Morgan fingerprint density at radius 3 is 2.88 bits per heavy atom. The average molecular weight is 330 g/mol. The lowest BCUT2D eigenvalue weighted by Gasteiger charge is -2.33. The van der Waals surface area contributed by atoms with E-state index in [-0.39, 0.29) is 18.4 Å². The van der Waals surface area contributed by atoms with Gasteiger partial charge in [-0.3, -0.25) is 4.79 Å². The highest BCUT2D eigenvalue weighted by atomic mass is 16.5. The van der Waals surface area contributed by atoms with Gasteiger partial charge in [-0.2, -0.15) is 0 Å². The summed E-state index contributed by atoms with van der Waals surface area (Å²) < 4.78 is 5.12. The number of hydrogen-bond donors (Lipinski definition) is 1. The van der Waals surface area contributed by atoms with Crippen LogP contribution in [0.15, 0.2) is 10.7 Å². The Bertz CT molecular complexity index is 737. The molecule has 7 nitrogen and oxygen atoms in total. The Hall–Kier alpha value is -2.28. The van der Waals surface area contributed by atoms with Crippen molar-refractivity contribution < 1.29 is 14.4 Å². The van der Waals surface area contributed by atoms with E-state index in [1.807, 2.05) is 11.8 Å². The minimum atomic E-state index is -0.0933. The second-order valence-corrected chi connectivity index (χ2v) is 6.28. The van der Waals surface area contributed by atoms with Gasteiger partial charge in [0.1, 0.15) is 17.1 Å². The summed E-state index contributed by atoms with van der Waals surface area (Å²) in [5.74, 6) is 1.28. The fraction of sp³-hybridized carbons (Fsp3) is 0.529. The van der Waals surface area contributed by atoms with Gasteiger partial charge in [0.2, 0.25) is 0 Å². The van der Waals surface area contributed by atoms with Crippen molar-refractivity contribution in [1.82, 2.24) is 20.0 Å². The van der Waals surface area contributed by atoms with Crippen LogP contribution in [-0.2, 0) is 6.61 Å². The normalized spacial score (nSPS) is 18.0. The molecule has 24 heavy (non-hydrogen) atoms. The summed E-state index contributed by atoms with van der Waals surface area (Å²) in [5.41, 5.74) is 2.75. The molecule has 1 aliphatic heterocycles. The maximum atomic E-state index is 12.8. The molecule has 0 aliphatic carbocycles. The van der Waals surface area contributed by atoms with Gasteiger partial charge >= 0.3 is 0 Å². The molecule has 1 N–H and O–H groups in total. The fourth-order valence-corrected chi connectivity index (χ4v) is 3.32. The molecular formula is C17H22N4O3. The first-order valence-electron chi connectivity index (χ1n) is 8.16. The van der Waals surface area contributed by atoms with E-state index >= 15 is 0 Å². The summed E-state index contributed by atoms with van der Waals surface area (Å²) in [7, 11) is 0. The van der Waals surface area contributed by atoms with Gasteiger partial charge in [-0.25, -0.2) is 9.97 Å². The molecule has 1 aliphatic rings. The van der Waals surface area contributed by atoms with E-state index in [1.54, 1.807) is 20.0 Å². The van der Waals surface area contributed by atoms with Gasteiger partial charge in [0, 0.05) is 30.8 Å². The van der Waals surface area contributed by atoms with Crippen LogP contribution >= 0.6 is 0 Å². The standard InChI is InChI=1S/C17H22N4O3/c1-10-15(11(2)24-20-10)17(23)21-6-4-5-13(8-21)16-14(9-22)7-18-12(3)19-16/h7,13,22H,4-6,8-9H2,1-3H3. The first-order chi connectivity index (χ1) is 11.5. The van der Waals surface area contributed by atoms with E-state index in [9.17, 15) is 9.90 Å². The van der Waals surface area contributed by atoms with Crippen LogP contribution < -0.4 is 0 Å². The number of carbonyl (C=O) groups is 1. The van der Waals surface area contributed by atoms with Crippen molar-refractivity contribution in [3.05, 3.63) is 40.3 Å². The Balaban J connectivity index is 1.85. The molecule has 2 aromatic heterocycles. The molecule has 0 aromatic carbocycles. The van der Waals surface area contributed by atoms with Crippen LogP contribution in [0.25, 0.3) is 0 Å². The third-order valence-corrected chi connectivity index (χ3v) is 4.53. The Morgan fingerprint density at radius 2 is 2.21 bits per heavy atom. The largest absolute Gasteiger partial charge is 0.392 e. The number of aliphatic hydroxyl groups excluding tert-OH is 1. The minimum Gasteiger partial charge on any atom is -0.392 e. The van der Waals surface area contributed by atoms with Crippen molar-refractivity contribution in [2.75, 3.05) is 13.1 Å². The molecule has 3 rings (SSSR count). The van der Waals surface area contributed by atoms with Gasteiger partial charge in [0.05, 0.1) is 18.0 Å². The topological polar surface area (TPSA) is 92.4 Å². The number of likely N-dealkylation sites (tertiary alicyclic amines) is 1. The van der Waals surface area contributed by atoms with E-state index in [2.05, 4.69) is 15.1 Å². The van der Waals surface area contributed by atoms with Gasteiger partial charge in [-0.15, -0.1) is 0 Å². The molecule has 0 bridgehead atoms. The maximum absolute atomic E-state index is 12.8. The SMILES string of the molecule is Cc1ncc(CO)c(C2CCCN(C(=O)c3c(C)noc3C)C2)n1. The number of nitrogens with zero attached hydrogens (tertiary/aromatic N) is 4. The maximum Gasteiger partial charge on any atom is 0.259 e. The zero-order valence-corrected chi connectivity index (χ0v) is 14.2. The molecule has 0 radical (unpaired) electrons. The monoisotopic (exact) mass is 330 g/mol. The Kier molecular flexibility index (Phi) is 4.62. The second kappa shape index (κ2) is 6.68. The number of piperidine rings is 1. The smallest absolute Gasteiger partial charge is 0.259 e. The van der Waals surface area contributed by atoms with E-state index in [1.165, 1.54) is 0 Å². The molecule has 1 amide bonds. The van der Waals surface area contributed by atoms with Crippen LogP contribution in [0.3, 0.4) is 0 Å². The number of hydrogen-bond acceptors (Lipinski definition) is 6. The number of carbonyl (C=O) groups excluding carboxylic acids is 1. The van der Waals surface area contributed by atoms with E-state index in [4.69, 9.17) is 4.52 Å². The van der Waals surface area contributed by atoms with Gasteiger partial charge in [0.25, 0.3) is 5.91 Å². The molecular weight excluding hydrogens is 308 g/mol. The van der Waals surface area contributed by atoms with Crippen molar-refractivity contribution in [1.29, 1.82) is 0 Å².